The zero-order chi connectivity index (χ0) is 18.4. The quantitative estimate of drug-likeness (QED) is 0.351. The highest BCUT2D eigenvalue weighted by molar-refractivity contribution is 6.84. The third kappa shape index (κ3) is 2.78. The van der Waals surface area contributed by atoms with Crippen molar-refractivity contribution in [3.8, 4) is 0 Å². The number of imide groups is 1. The lowest BCUT2D eigenvalue weighted by Gasteiger charge is -2.42. The first-order valence-electron chi connectivity index (χ1n) is 7.43. The number of carbonyl (C=O) groups is 2. The first-order chi connectivity index (χ1) is 10.9. The number of carbonyl (C=O) groups excluding carboxylic acids is 2. The van der Waals surface area contributed by atoms with Gasteiger partial charge in [0.15, 0.2) is 8.24 Å². The van der Waals surface area contributed by atoms with Crippen LogP contribution in [0.3, 0.4) is 0 Å². The van der Waals surface area contributed by atoms with Gasteiger partial charge in [0.1, 0.15) is 5.03 Å². The van der Waals surface area contributed by atoms with Gasteiger partial charge in [0.05, 0.1) is 10.5 Å². The fourth-order valence-electron chi connectivity index (χ4n) is 2.37. The molecule has 0 fully saturated rings. The molecule has 0 unspecified atom stereocenters. The number of nitrogens with zero attached hydrogens (tertiary/aromatic N) is 2. The maximum Gasteiger partial charge on any atom is 0.270 e. The molecule has 0 spiro atoms. The van der Waals surface area contributed by atoms with Crippen LogP contribution >= 0.6 is 11.6 Å². The van der Waals surface area contributed by atoms with E-state index in [1.165, 1.54) is 22.8 Å². The van der Waals surface area contributed by atoms with Crippen molar-refractivity contribution in [3.05, 3.63) is 45.0 Å². The van der Waals surface area contributed by atoms with Crippen molar-refractivity contribution in [1.29, 1.82) is 0 Å². The van der Waals surface area contributed by atoms with E-state index >= 15 is 0 Å². The van der Waals surface area contributed by atoms with Gasteiger partial charge in [-0.3, -0.25) is 19.7 Å². The van der Waals surface area contributed by atoms with Crippen molar-refractivity contribution in [2.24, 2.45) is 0 Å². The van der Waals surface area contributed by atoms with Crippen molar-refractivity contribution < 1.29 is 14.5 Å². The highest BCUT2D eigenvalue weighted by Crippen LogP contribution is 2.44. The average molecular weight is 367 g/mol. The molecule has 0 N–H and O–H groups in total. The second-order valence-electron chi connectivity index (χ2n) is 7.25. The molecule has 8 heteroatoms. The van der Waals surface area contributed by atoms with E-state index in [4.69, 9.17) is 11.6 Å². The third-order valence-electron chi connectivity index (χ3n) is 4.77. The topological polar surface area (TPSA) is 80.5 Å². The molecule has 0 bridgehead atoms. The van der Waals surface area contributed by atoms with Crippen molar-refractivity contribution in [3.63, 3.8) is 0 Å². The Morgan fingerprint density at radius 1 is 1.17 bits per heavy atom. The molecule has 1 aromatic rings. The molecule has 128 valence electrons. The minimum Gasteiger partial charge on any atom is -0.303 e. The molecule has 1 aromatic carbocycles. The normalized spacial score (nSPS) is 16.2. The Kier molecular flexibility index (Phi) is 4.45. The molecule has 6 nitrogen and oxygen atoms in total. The second kappa shape index (κ2) is 5.82. The first-order valence-corrected chi connectivity index (χ1v) is 10.8. The number of benzene rings is 1. The standard InChI is InChI=1S/C16H19ClN2O4Si/c1-16(2,3)24(4,5)18-14(20)12(13(17)15(18)21)10-7-6-8-11(9-10)19(22)23/h6-9H,1-5H3. The van der Waals surface area contributed by atoms with Crippen LogP contribution in [0.5, 0.6) is 0 Å². The van der Waals surface area contributed by atoms with Gasteiger partial charge in [0.2, 0.25) is 0 Å². The fourth-order valence-corrected chi connectivity index (χ4v) is 4.63. The maximum atomic E-state index is 12.9. The Bertz CT molecular complexity index is 781. The molecule has 0 saturated carbocycles. The van der Waals surface area contributed by atoms with E-state index in [2.05, 4.69) is 0 Å². The summed E-state index contributed by atoms with van der Waals surface area (Å²) < 4.78 is 1.28. The van der Waals surface area contributed by atoms with E-state index in [9.17, 15) is 19.7 Å². The molecule has 0 aliphatic carbocycles. The minimum absolute atomic E-state index is 0.0372. The smallest absolute Gasteiger partial charge is 0.270 e. The predicted octanol–water partition coefficient (Wildman–Crippen LogP) is 3.92. The van der Waals surface area contributed by atoms with Crippen LogP contribution in [0.25, 0.3) is 5.57 Å². The molecular formula is C16H19ClN2O4Si. The zero-order valence-corrected chi connectivity index (χ0v) is 16.0. The van der Waals surface area contributed by atoms with Gasteiger partial charge < -0.3 is 4.57 Å². The predicted molar refractivity (Wildman–Crippen MR) is 94.9 cm³/mol. The number of nitro benzene ring substituents is 1. The maximum absolute atomic E-state index is 12.9. The van der Waals surface area contributed by atoms with Crippen LogP contribution in [0.15, 0.2) is 29.3 Å². The molecule has 1 heterocycles. The van der Waals surface area contributed by atoms with Gasteiger partial charge in [-0.1, -0.05) is 57.6 Å². The number of rotatable bonds is 3. The average Bonchev–Trinajstić information content (AvgIpc) is 2.68. The Morgan fingerprint density at radius 2 is 1.75 bits per heavy atom. The van der Waals surface area contributed by atoms with E-state index in [0.29, 0.717) is 0 Å². The summed E-state index contributed by atoms with van der Waals surface area (Å²) in [5.74, 6) is -0.994. The zero-order valence-electron chi connectivity index (χ0n) is 14.2. The first kappa shape index (κ1) is 18.3. The van der Waals surface area contributed by atoms with Crippen molar-refractivity contribution in [2.45, 2.75) is 38.9 Å². The lowest BCUT2D eigenvalue weighted by Crippen LogP contribution is -2.57. The lowest BCUT2D eigenvalue weighted by atomic mass is 10.1. The third-order valence-corrected chi connectivity index (χ3v) is 10.3. The van der Waals surface area contributed by atoms with Crippen LogP contribution in [0.4, 0.5) is 5.69 Å². The Morgan fingerprint density at radius 3 is 2.25 bits per heavy atom. The number of non-ortho nitro benzene ring substituents is 1. The van der Waals surface area contributed by atoms with Gasteiger partial charge in [-0.15, -0.1) is 0 Å². The summed E-state index contributed by atoms with van der Waals surface area (Å²) in [6, 6.07) is 5.60. The van der Waals surface area contributed by atoms with E-state index in [0.717, 1.165) is 0 Å². The fraction of sp³-hybridized carbons (Fsp3) is 0.375. The van der Waals surface area contributed by atoms with Crippen molar-refractivity contribution in [2.75, 3.05) is 0 Å². The summed E-state index contributed by atoms with van der Waals surface area (Å²) >= 11 is 6.16. The summed E-state index contributed by atoms with van der Waals surface area (Å²) in [6.45, 7) is 9.82. The number of hydrogen-bond acceptors (Lipinski definition) is 4. The molecule has 24 heavy (non-hydrogen) atoms. The SMILES string of the molecule is CC(C)(C)[Si](C)(C)N1C(=O)C(Cl)=C(c2cccc([N+](=O)[O-])c2)C1=O. The molecule has 0 radical (unpaired) electrons. The molecule has 0 atom stereocenters. The van der Waals surface area contributed by atoms with Crippen molar-refractivity contribution >= 4 is 42.9 Å². The molecule has 0 saturated heterocycles. The van der Waals surface area contributed by atoms with Gasteiger partial charge >= 0.3 is 0 Å². The summed E-state index contributed by atoms with van der Waals surface area (Å²) in [5.41, 5.74) is 0.166. The van der Waals surface area contributed by atoms with E-state index in [1.54, 1.807) is 6.07 Å². The van der Waals surface area contributed by atoms with Crippen LogP contribution in [0, 0.1) is 10.1 Å². The molecule has 2 amide bonds. The van der Waals surface area contributed by atoms with Crippen LogP contribution in [0.2, 0.25) is 18.1 Å². The Labute approximate surface area is 146 Å². The molecular weight excluding hydrogens is 348 g/mol. The van der Waals surface area contributed by atoms with Gasteiger partial charge in [-0.05, 0) is 10.6 Å². The van der Waals surface area contributed by atoms with Crippen LogP contribution < -0.4 is 0 Å². The van der Waals surface area contributed by atoms with Gasteiger partial charge in [0, 0.05) is 12.1 Å². The highest BCUT2D eigenvalue weighted by atomic mass is 35.5. The summed E-state index contributed by atoms with van der Waals surface area (Å²) in [6.07, 6.45) is 0. The van der Waals surface area contributed by atoms with Gasteiger partial charge in [-0.2, -0.15) is 0 Å². The minimum atomic E-state index is -2.48. The van der Waals surface area contributed by atoms with Crippen LogP contribution in [0.1, 0.15) is 26.3 Å². The molecule has 0 aromatic heterocycles. The second-order valence-corrected chi connectivity index (χ2v) is 12.7. The van der Waals surface area contributed by atoms with Crippen molar-refractivity contribution in [1.82, 2.24) is 4.57 Å². The monoisotopic (exact) mass is 366 g/mol. The summed E-state index contributed by atoms with van der Waals surface area (Å²) in [7, 11) is -2.48. The molecule has 1 aliphatic heterocycles. The molecule has 2 rings (SSSR count). The molecule has 1 aliphatic rings. The van der Waals surface area contributed by atoms with E-state index < -0.39 is 25.0 Å². The number of halogens is 1. The van der Waals surface area contributed by atoms with Gasteiger partial charge in [0.25, 0.3) is 17.5 Å². The van der Waals surface area contributed by atoms with Crippen LogP contribution in [-0.4, -0.2) is 29.5 Å². The Hall–Kier alpha value is -1.99. The number of amides is 2. The summed E-state index contributed by atoms with van der Waals surface area (Å²) in [4.78, 5) is 36.0. The lowest BCUT2D eigenvalue weighted by molar-refractivity contribution is -0.384. The van der Waals surface area contributed by atoms with Crippen LogP contribution in [-0.2, 0) is 9.59 Å². The largest absolute Gasteiger partial charge is 0.303 e. The highest BCUT2D eigenvalue weighted by Gasteiger charge is 2.52. The number of hydrogen-bond donors (Lipinski definition) is 0. The van der Waals surface area contributed by atoms with E-state index in [-0.39, 0.29) is 26.9 Å². The van der Waals surface area contributed by atoms with E-state index in [1.807, 2.05) is 33.9 Å². The van der Waals surface area contributed by atoms with Gasteiger partial charge in [-0.25, -0.2) is 0 Å². The Balaban J connectivity index is 2.55. The number of nitro groups is 1. The summed E-state index contributed by atoms with van der Waals surface area (Å²) in [5, 5.41) is 10.5.